The number of aromatic nitrogens is 1. The van der Waals surface area contributed by atoms with Gasteiger partial charge in [-0.05, 0) is 34.5 Å². The van der Waals surface area contributed by atoms with E-state index in [4.69, 9.17) is 17.4 Å². The molecule has 1 unspecified atom stereocenters. The molecule has 0 fully saturated rings. The van der Waals surface area contributed by atoms with Crippen molar-refractivity contribution in [2.75, 3.05) is 0 Å². The molecule has 0 spiro atoms. The van der Waals surface area contributed by atoms with Crippen molar-refractivity contribution in [1.82, 2.24) is 10.4 Å². The molecule has 2 rings (SSSR count). The molecule has 5 heteroatoms. The third-order valence-corrected chi connectivity index (χ3v) is 3.01. The van der Waals surface area contributed by atoms with Gasteiger partial charge in [-0.15, -0.1) is 0 Å². The largest absolute Gasteiger partial charge is 0.271 e. The van der Waals surface area contributed by atoms with Crippen molar-refractivity contribution in [3.8, 4) is 0 Å². The molecule has 15 heavy (non-hydrogen) atoms. The van der Waals surface area contributed by atoms with Crippen molar-refractivity contribution in [1.29, 1.82) is 0 Å². The van der Waals surface area contributed by atoms with Crippen LogP contribution in [0.1, 0.15) is 17.3 Å². The molecule has 3 nitrogen and oxygen atoms in total. The molecule has 0 radical (unpaired) electrons. The molecular weight excluding hydrogens is 230 g/mol. The summed E-state index contributed by atoms with van der Waals surface area (Å²) in [7, 11) is 0. The fourth-order valence-electron chi connectivity index (χ4n) is 1.35. The molecule has 2 heterocycles. The van der Waals surface area contributed by atoms with Crippen molar-refractivity contribution >= 4 is 22.9 Å². The van der Waals surface area contributed by atoms with Gasteiger partial charge in [0.05, 0.1) is 16.8 Å². The fraction of sp³-hybridized carbons (Fsp3) is 0.100. The maximum Gasteiger partial charge on any atom is 0.0889 e. The second-order valence-corrected chi connectivity index (χ2v) is 4.27. The first-order valence-electron chi connectivity index (χ1n) is 4.41. The smallest absolute Gasteiger partial charge is 0.0889 e. The second-order valence-electron chi connectivity index (χ2n) is 3.06. The minimum atomic E-state index is -0.0754. The van der Waals surface area contributed by atoms with Crippen molar-refractivity contribution in [3.05, 3.63) is 51.4 Å². The van der Waals surface area contributed by atoms with Crippen molar-refractivity contribution < 1.29 is 0 Å². The van der Waals surface area contributed by atoms with Crippen LogP contribution < -0.4 is 11.3 Å². The van der Waals surface area contributed by atoms with E-state index in [-0.39, 0.29) is 6.04 Å². The summed E-state index contributed by atoms with van der Waals surface area (Å²) in [5.41, 5.74) is 4.71. The maximum absolute atomic E-state index is 5.77. The first-order chi connectivity index (χ1) is 7.31. The lowest BCUT2D eigenvalue weighted by Gasteiger charge is -2.13. The molecule has 0 bridgehead atoms. The Morgan fingerprint density at radius 2 is 2.27 bits per heavy atom. The van der Waals surface area contributed by atoms with Crippen LogP contribution in [0.4, 0.5) is 0 Å². The quantitative estimate of drug-likeness (QED) is 0.639. The lowest BCUT2D eigenvalue weighted by Crippen LogP contribution is -2.29. The molecule has 0 amide bonds. The number of pyridine rings is 1. The highest BCUT2D eigenvalue weighted by atomic mass is 35.5. The lowest BCUT2D eigenvalue weighted by atomic mass is 10.1. The first-order valence-corrected chi connectivity index (χ1v) is 5.73. The molecule has 2 aromatic rings. The van der Waals surface area contributed by atoms with Crippen LogP contribution in [0.15, 0.2) is 35.2 Å². The summed E-state index contributed by atoms with van der Waals surface area (Å²) in [6.45, 7) is 0. The molecule has 2 aromatic heterocycles. The van der Waals surface area contributed by atoms with Gasteiger partial charge in [0, 0.05) is 6.20 Å². The van der Waals surface area contributed by atoms with E-state index in [1.165, 1.54) is 0 Å². The number of rotatable bonds is 3. The van der Waals surface area contributed by atoms with Gasteiger partial charge in [0.25, 0.3) is 0 Å². The Bertz CT molecular complexity index is 413. The number of hydrogen-bond donors (Lipinski definition) is 2. The Hall–Kier alpha value is -0.940. The molecule has 1 atom stereocenters. The molecular formula is C10H10ClN3S. The number of hydrazine groups is 1. The molecule has 78 valence electrons. The van der Waals surface area contributed by atoms with E-state index in [0.717, 1.165) is 11.3 Å². The number of hydrogen-bond acceptors (Lipinski definition) is 4. The minimum absolute atomic E-state index is 0.0754. The SMILES string of the molecule is NNC(c1ccsc1)c1ccc(Cl)cn1. The zero-order chi connectivity index (χ0) is 10.7. The van der Waals surface area contributed by atoms with Crippen LogP contribution in [0.25, 0.3) is 0 Å². The fourth-order valence-corrected chi connectivity index (χ4v) is 2.15. The van der Waals surface area contributed by atoms with Gasteiger partial charge < -0.3 is 0 Å². The van der Waals surface area contributed by atoms with E-state index < -0.39 is 0 Å². The third kappa shape index (κ3) is 2.35. The van der Waals surface area contributed by atoms with Crippen molar-refractivity contribution in [2.45, 2.75) is 6.04 Å². The molecule has 0 aliphatic carbocycles. The Morgan fingerprint density at radius 1 is 1.40 bits per heavy atom. The predicted octanol–water partition coefficient (Wildman–Crippen LogP) is 2.35. The van der Waals surface area contributed by atoms with Crippen molar-refractivity contribution in [2.24, 2.45) is 5.84 Å². The van der Waals surface area contributed by atoms with E-state index in [9.17, 15) is 0 Å². The zero-order valence-electron chi connectivity index (χ0n) is 7.85. The monoisotopic (exact) mass is 239 g/mol. The minimum Gasteiger partial charge on any atom is -0.271 e. The summed E-state index contributed by atoms with van der Waals surface area (Å²) in [6, 6.07) is 5.62. The van der Waals surface area contributed by atoms with Gasteiger partial charge in [-0.1, -0.05) is 11.6 Å². The molecule has 0 saturated carbocycles. The summed E-state index contributed by atoms with van der Waals surface area (Å²) in [5.74, 6) is 5.52. The highest BCUT2D eigenvalue weighted by Crippen LogP contribution is 2.22. The Balaban J connectivity index is 2.31. The summed E-state index contributed by atoms with van der Waals surface area (Å²) in [4.78, 5) is 4.24. The molecule has 0 aliphatic heterocycles. The number of nitrogens with zero attached hydrogens (tertiary/aromatic N) is 1. The van der Waals surface area contributed by atoms with E-state index in [1.807, 2.05) is 22.9 Å². The normalized spacial score (nSPS) is 12.7. The van der Waals surface area contributed by atoms with Gasteiger partial charge >= 0.3 is 0 Å². The predicted molar refractivity (Wildman–Crippen MR) is 62.7 cm³/mol. The van der Waals surface area contributed by atoms with Gasteiger partial charge in [-0.25, -0.2) is 5.43 Å². The maximum atomic E-state index is 5.77. The molecule has 0 aromatic carbocycles. The second kappa shape index (κ2) is 4.72. The number of halogens is 1. The van der Waals surface area contributed by atoms with Crippen LogP contribution in [-0.4, -0.2) is 4.98 Å². The van der Waals surface area contributed by atoms with Gasteiger partial charge in [0.1, 0.15) is 0 Å². The van der Waals surface area contributed by atoms with Crippen LogP contribution in [0, 0.1) is 0 Å². The summed E-state index contributed by atoms with van der Waals surface area (Å²) in [5, 5.41) is 4.68. The lowest BCUT2D eigenvalue weighted by molar-refractivity contribution is 0.622. The van der Waals surface area contributed by atoms with E-state index in [2.05, 4.69) is 10.4 Å². The van der Waals surface area contributed by atoms with Crippen LogP contribution in [-0.2, 0) is 0 Å². The van der Waals surface area contributed by atoms with E-state index >= 15 is 0 Å². The Morgan fingerprint density at radius 3 is 2.80 bits per heavy atom. The molecule has 3 N–H and O–H groups in total. The average molecular weight is 240 g/mol. The van der Waals surface area contributed by atoms with Gasteiger partial charge in [-0.2, -0.15) is 11.3 Å². The summed E-state index contributed by atoms with van der Waals surface area (Å²) >= 11 is 7.40. The van der Waals surface area contributed by atoms with Crippen LogP contribution in [0.5, 0.6) is 0 Å². The molecule has 0 saturated heterocycles. The Labute approximate surface area is 96.9 Å². The third-order valence-electron chi connectivity index (χ3n) is 2.09. The number of nitrogens with two attached hydrogens (primary N) is 1. The zero-order valence-corrected chi connectivity index (χ0v) is 9.42. The standard InChI is InChI=1S/C10H10ClN3S/c11-8-1-2-9(13-5-8)10(14-12)7-3-4-15-6-7/h1-6,10,14H,12H2. The highest BCUT2D eigenvalue weighted by Gasteiger charge is 2.13. The topological polar surface area (TPSA) is 50.9 Å². The Kier molecular flexibility index (Phi) is 3.33. The van der Waals surface area contributed by atoms with Gasteiger partial charge in [-0.3, -0.25) is 10.8 Å². The number of nitrogens with one attached hydrogen (secondary N) is 1. The molecule has 0 aliphatic rings. The van der Waals surface area contributed by atoms with Gasteiger partial charge in [0.2, 0.25) is 0 Å². The van der Waals surface area contributed by atoms with Crippen LogP contribution in [0.2, 0.25) is 5.02 Å². The van der Waals surface area contributed by atoms with Crippen LogP contribution in [0.3, 0.4) is 0 Å². The summed E-state index contributed by atoms with van der Waals surface area (Å²) < 4.78 is 0. The van der Waals surface area contributed by atoms with Crippen LogP contribution >= 0.6 is 22.9 Å². The average Bonchev–Trinajstić information content (AvgIpc) is 2.75. The highest BCUT2D eigenvalue weighted by molar-refractivity contribution is 7.08. The van der Waals surface area contributed by atoms with Gasteiger partial charge in [0.15, 0.2) is 0 Å². The number of thiophene rings is 1. The first kappa shape index (κ1) is 10.6. The van der Waals surface area contributed by atoms with E-state index in [0.29, 0.717) is 5.02 Å². The summed E-state index contributed by atoms with van der Waals surface area (Å²) in [6.07, 6.45) is 1.62. The van der Waals surface area contributed by atoms with Crippen molar-refractivity contribution in [3.63, 3.8) is 0 Å². The van der Waals surface area contributed by atoms with E-state index in [1.54, 1.807) is 23.6 Å².